The van der Waals surface area contributed by atoms with Crippen molar-refractivity contribution in [1.29, 1.82) is 0 Å². The van der Waals surface area contributed by atoms with E-state index in [9.17, 15) is 4.39 Å². The number of rotatable bonds is 5. The Morgan fingerprint density at radius 3 is 2.95 bits per heavy atom. The standard InChI is InChI=1S/C15H16FN5O/c1-10-13-14(17-6-3-7-22)18-9-19-15(13)21(20-10)12-5-2-4-11(16)8-12/h2,4-5,8-9,22H,3,6-7H2,1H3,(H,17,18,19). The van der Waals surface area contributed by atoms with Crippen LogP contribution in [0, 0.1) is 12.7 Å². The molecule has 0 saturated heterocycles. The van der Waals surface area contributed by atoms with Crippen molar-refractivity contribution >= 4 is 16.9 Å². The monoisotopic (exact) mass is 301 g/mol. The summed E-state index contributed by atoms with van der Waals surface area (Å²) in [6.07, 6.45) is 2.07. The highest BCUT2D eigenvalue weighted by Crippen LogP contribution is 2.25. The first-order valence-corrected chi connectivity index (χ1v) is 7.01. The van der Waals surface area contributed by atoms with Crippen molar-refractivity contribution in [3.8, 4) is 5.69 Å². The van der Waals surface area contributed by atoms with Gasteiger partial charge in [-0.1, -0.05) is 6.07 Å². The molecule has 2 heterocycles. The number of halogens is 1. The number of hydrogen-bond donors (Lipinski definition) is 2. The lowest BCUT2D eigenvalue weighted by Gasteiger charge is -2.06. The van der Waals surface area contributed by atoms with Crippen LogP contribution in [-0.2, 0) is 0 Å². The van der Waals surface area contributed by atoms with E-state index in [2.05, 4.69) is 20.4 Å². The second-order valence-corrected chi connectivity index (χ2v) is 4.90. The normalized spacial score (nSPS) is 11.0. The van der Waals surface area contributed by atoms with E-state index in [0.29, 0.717) is 30.1 Å². The van der Waals surface area contributed by atoms with Crippen molar-refractivity contribution in [2.24, 2.45) is 0 Å². The molecule has 22 heavy (non-hydrogen) atoms. The third kappa shape index (κ3) is 2.62. The molecule has 0 fully saturated rings. The van der Waals surface area contributed by atoms with Crippen LogP contribution in [0.15, 0.2) is 30.6 Å². The highest BCUT2D eigenvalue weighted by molar-refractivity contribution is 5.90. The van der Waals surface area contributed by atoms with Gasteiger partial charge in [-0.3, -0.25) is 0 Å². The third-order valence-corrected chi connectivity index (χ3v) is 3.32. The lowest BCUT2D eigenvalue weighted by molar-refractivity contribution is 0.292. The van der Waals surface area contributed by atoms with Crippen LogP contribution in [0.1, 0.15) is 12.1 Å². The fourth-order valence-electron chi connectivity index (χ4n) is 2.33. The van der Waals surface area contributed by atoms with E-state index in [1.54, 1.807) is 16.8 Å². The Morgan fingerprint density at radius 2 is 2.18 bits per heavy atom. The number of hydrogen-bond acceptors (Lipinski definition) is 5. The third-order valence-electron chi connectivity index (χ3n) is 3.32. The highest BCUT2D eigenvalue weighted by atomic mass is 19.1. The lowest BCUT2D eigenvalue weighted by Crippen LogP contribution is -2.06. The number of fused-ring (bicyclic) bond motifs is 1. The fourth-order valence-corrected chi connectivity index (χ4v) is 2.33. The van der Waals surface area contributed by atoms with Crippen molar-refractivity contribution in [3.05, 3.63) is 42.1 Å². The van der Waals surface area contributed by atoms with Gasteiger partial charge in [0.2, 0.25) is 0 Å². The second kappa shape index (κ2) is 6.07. The zero-order chi connectivity index (χ0) is 15.5. The maximum Gasteiger partial charge on any atom is 0.168 e. The molecule has 0 radical (unpaired) electrons. The van der Waals surface area contributed by atoms with Crippen LogP contribution in [0.25, 0.3) is 16.7 Å². The summed E-state index contributed by atoms with van der Waals surface area (Å²) in [4.78, 5) is 8.51. The Balaban J connectivity index is 2.09. The molecule has 0 saturated carbocycles. The number of nitrogens with zero attached hydrogens (tertiary/aromatic N) is 4. The molecule has 2 N–H and O–H groups in total. The molecule has 0 amide bonds. The molecule has 0 unspecified atom stereocenters. The first-order valence-electron chi connectivity index (χ1n) is 7.01. The summed E-state index contributed by atoms with van der Waals surface area (Å²) in [6, 6.07) is 6.21. The van der Waals surface area contributed by atoms with Gasteiger partial charge >= 0.3 is 0 Å². The molecule has 1 aromatic carbocycles. The van der Waals surface area contributed by atoms with E-state index < -0.39 is 0 Å². The molecule has 0 bridgehead atoms. The van der Waals surface area contributed by atoms with Crippen LogP contribution in [0.3, 0.4) is 0 Å². The van der Waals surface area contributed by atoms with Gasteiger partial charge in [-0.05, 0) is 31.5 Å². The molecule has 7 heteroatoms. The Labute approximate surface area is 126 Å². The molecule has 3 aromatic rings. The van der Waals surface area contributed by atoms with Gasteiger partial charge < -0.3 is 10.4 Å². The first kappa shape index (κ1) is 14.4. The molecule has 0 aliphatic carbocycles. The highest BCUT2D eigenvalue weighted by Gasteiger charge is 2.15. The quantitative estimate of drug-likeness (QED) is 0.705. The zero-order valence-corrected chi connectivity index (χ0v) is 12.1. The van der Waals surface area contributed by atoms with E-state index in [4.69, 9.17) is 5.11 Å². The summed E-state index contributed by atoms with van der Waals surface area (Å²) in [5.74, 6) is 0.341. The number of aliphatic hydroxyl groups excluding tert-OH is 1. The molecule has 0 spiro atoms. The van der Waals surface area contributed by atoms with Crippen LogP contribution in [0.4, 0.5) is 10.2 Å². The minimum Gasteiger partial charge on any atom is -0.396 e. The molecular formula is C15H16FN5O. The Hall–Kier alpha value is -2.54. The smallest absolute Gasteiger partial charge is 0.168 e. The summed E-state index contributed by atoms with van der Waals surface area (Å²) in [6.45, 7) is 2.58. The average molecular weight is 301 g/mol. The SMILES string of the molecule is Cc1nn(-c2cccc(F)c2)c2ncnc(NCCCO)c12. The van der Waals surface area contributed by atoms with Gasteiger partial charge in [-0.15, -0.1) is 0 Å². The van der Waals surface area contributed by atoms with Crippen LogP contribution in [0.5, 0.6) is 0 Å². The number of aryl methyl sites for hydroxylation is 1. The van der Waals surface area contributed by atoms with Crippen molar-refractivity contribution < 1.29 is 9.50 Å². The molecular weight excluding hydrogens is 285 g/mol. The van der Waals surface area contributed by atoms with Crippen LogP contribution < -0.4 is 5.32 Å². The average Bonchev–Trinajstić information content (AvgIpc) is 2.86. The van der Waals surface area contributed by atoms with Crippen LogP contribution in [-0.4, -0.2) is 38.0 Å². The Kier molecular flexibility index (Phi) is 3.97. The summed E-state index contributed by atoms with van der Waals surface area (Å²) < 4.78 is 15.0. The van der Waals surface area contributed by atoms with Crippen molar-refractivity contribution in [1.82, 2.24) is 19.7 Å². The van der Waals surface area contributed by atoms with E-state index in [1.807, 2.05) is 6.92 Å². The van der Waals surface area contributed by atoms with Crippen LogP contribution >= 0.6 is 0 Å². The summed E-state index contributed by atoms with van der Waals surface area (Å²) in [7, 11) is 0. The number of aromatic nitrogens is 4. The van der Waals surface area contributed by atoms with Crippen molar-refractivity contribution in [2.45, 2.75) is 13.3 Å². The van der Waals surface area contributed by atoms with Gasteiger partial charge in [0, 0.05) is 13.2 Å². The molecule has 2 aromatic heterocycles. The topological polar surface area (TPSA) is 75.9 Å². The number of benzene rings is 1. The second-order valence-electron chi connectivity index (χ2n) is 4.90. The number of anilines is 1. The van der Waals surface area contributed by atoms with Gasteiger partial charge in [-0.2, -0.15) is 5.10 Å². The van der Waals surface area contributed by atoms with Gasteiger partial charge in [0.1, 0.15) is 18.0 Å². The molecule has 0 aliphatic heterocycles. The Bertz CT molecular complexity index is 802. The molecule has 0 atom stereocenters. The van der Waals surface area contributed by atoms with Gasteiger partial charge in [-0.25, -0.2) is 19.0 Å². The number of nitrogens with one attached hydrogen (secondary N) is 1. The summed E-state index contributed by atoms with van der Waals surface area (Å²) in [5.41, 5.74) is 1.98. The fraction of sp³-hybridized carbons (Fsp3) is 0.267. The predicted octanol–water partition coefficient (Wildman–Crippen LogP) is 2.06. The maximum absolute atomic E-state index is 13.4. The van der Waals surface area contributed by atoms with E-state index >= 15 is 0 Å². The van der Waals surface area contributed by atoms with Crippen molar-refractivity contribution in [3.63, 3.8) is 0 Å². The van der Waals surface area contributed by atoms with Gasteiger partial charge in [0.25, 0.3) is 0 Å². The minimum absolute atomic E-state index is 0.114. The predicted molar refractivity (Wildman–Crippen MR) is 81.5 cm³/mol. The molecule has 0 aliphatic rings. The molecule has 114 valence electrons. The summed E-state index contributed by atoms with van der Waals surface area (Å²) in [5, 5.41) is 17.3. The molecule has 3 rings (SSSR count). The minimum atomic E-state index is -0.325. The van der Waals surface area contributed by atoms with Crippen molar-refractivity contribution in [2.75, 3.05) is 18.5 Å². The first-order chi connectivity index (χ1) is 10.7. The van der Waals surface area contributed by atoms with Gasteiger partial charge in [0.05, 0.1) is 16.8 Å². The Morgan fingerprint density at radius 1 is 1.32 bits per heavy atom. The molecule has 6 nitrogen and oxygen atoms in total. The lowest BCUT2D eigenvalue weighted by atomic mass is 10.3. The zero-order valence-electron chi connectivity index (χ0n) is 12.1. The van der Waals surface area contributed by atoms with E-state index in [1.165, 1.54) is 18.5 Å². The largest absolute Gasteiger partial charge is 0.396 e. The van der Waals surface area contributed by atoms with E-state index in [0.717, 1.165) is 11.1 Å². The maximum atomic E-state index is 13.4. The summed E-state index contributed by atoms with van der Waals surface area (Å²) >= 11 is 0. The van der Waals surface area contributed by atoms with Crippen LogP contribution in [0.2, 0.25) is 0 Å². The van der Waals surface area contributed by atoms with E-state index in [-0.39, 0.29) is 12.4 Å². The van der Waals surface area contributed by atoms with Gasteiger partial charge in [0.15, 0.2) is 5.65 Å². The number of aliphatic hydroxyl groups is 1.